The number of hydrogen-bond donors (Lipinski definition) is 0. The first-order valence-electron chi connectivity index (χ1n) is 2.29. The monoisotopic (exact) mass is 120 g/mol. The van der Waals surface area contributed by atoms with Gasteiger partial charge in [-0.25, -0.2) is 8.42 Å². The van der Waals surface area contributed by atoms with Crippen LogP contribution in [0.2, 0.25) is 0 Å². The largest absolute Gasteiger partial charge is 0.228 e. The second kappa shape index (κ2) is 1.02. The van der Waals surface area contributed by atoms with E-state index >= 15 is 0 Å². The molecule has 3 heteroatoms. The van der Waals surface area contributed by atoms with Gasteiger partial charge in [0.1, 0.15) is 0 Å². The van der Waals surface area contributed by atoms with Gasteiger partial charge in [-0.1, -0.05) is 0 Å². The summed E-state index contributed by atoms with van der Waals surface area (Å²) in [5.74, 6) is 0. The third kappa shape index (κ3) is 0.477. The first-order valence-corrected chi connectivity index (χ1v) is 3.90. The number of sulfone groups is 1. The molecule has 1 aliphatic rings. The Morgan fingerprint density at radius 1 is 1.14 bits per heavy atom. The van der Waals surface area contributed by atoms with Crippen LogP contribution >= 0.6 is 0 Å². The summed E-state index contributed by atoms with van der Waals surface area (Å²) in [5, 5.41) is -0.125. The van der Waals surface area contributed by atoms with Gasteiger partial charge in [0.2, 0.25) is 0 Å². The third-order valence-corrected chi connectivity index (χ3v) is 4.20. The van der Waals surface area contributed by atoms with Gasteiger partial charge in [0, 0.05) is 0 Å². The maximum Gasteiger partial charge on any atom is 0.158 e. The standard InChI is InChI=1S/C4H8O2S/c1-3-4(2)7(3,5)6/h3-4H,1-2H3/t3-,4-/m1/s1. The minimum atomic E-state index is -2.57. The minimum Gasteiger partial charge on any atom is -0.228 e. The van der Waals surface area contributed by atoms with E-state index in [1.807, 2.05) is 0 Å². The van der Waals surface area contributed by atoms with Crippen LogP contribution in [-0.2, 0) is 9.84 Å². The predicted octanol–water partition coefficient (Wildman–Crippen LogP) is 0.192. The molecule has 0 unspecified atom stereocenters. The van der Waals surface area contributed by atoms with Crippen molar-refractivity contribution in [3.63, 3.8) is 0 Å². The average molecular weight is 120 g/mol. The fraction of sp³-hybridized carbons (Fsp3) is 1.00. The lowest BCUT2D eigenvalue weighted by Gasteiger charge is -1.58. The summed E-state index contributed by atoms with van der Waals surface area (Å²) in [6, 6.07) is 0. The molecule has 0 aromatic rings. The fourth-order valence-corrected chi connectivity index (χ4v) is 1.95. The van der Waals surface area contributed by atoms with Gasteiger partial charge in [0.15, 0.2) is 9.84 Å². The van der Waals surface area contributed by atoms with Gasteiger partial charge in [-0.15, -0.1) is 0 Å². The van der Waals surface area contributed by atoms with E-state index in [1.165, 1.54) is 0 Å². The Labute approximate surface area is 43.5 Å². The molecule has 0 aromatic heterocycles. The normalized spacial score (nSPS) is 46.0. The molecule has 0 radical (unpaired) electrons. The zero-order valence-corrected chi connectivity index (χ0v) is 5.20. The van der Waals surface area contributed by atoms with Crippen LogP contribution in [0.15, 0.2) is 0 Å². The van der Waals surface area contributed by atoms with Crippen molar-refractivity contribution in [3.8, 4) is 0 Å². The number of rotatable bonds is 0. The van der Waals surface area contributed by atoms with E-state index in [-0.39, 0.29) is 10.5 Å². The van der Waals surface area contributed by atoms with Crippen LogP contribution in [0, 0.1) is 0 Å². The van der Waals surface area contributed by atoms with Crippen molar-refractivity contribution >= 4 is 9.84 Å². The highest BCUT2D eigenvalue weighted by atomic mass is 32.2. The zero-order valence-electron chi connectivity index (χ0n) is 4.38. The van der Waals surface area contributed by atoms with Gasteiger partial charge in [-0.3, -0.25) is 0 Å². The lowest BCUT2D eigenvalue weighted by Crippen LogP contribution is -1.74. The van der Waals surface area contributed by atoms with Gasteiger partial charge in [-0.2, -0.15) is 0 Å². The molecule has 0 aromatic carbocycles. The molecule has 0 amide bonds. The molecule has 0 aliphatic carbocycles. The smallest absolute Gasteiger partial charge is 0.158 e. The van der Waals surface area contributed by atoms with Gasteiger partial charge in [-0.05, 0) is 13.8 Å². The van der Waals surface area contributed by atoms with E-state index in [2.05, 4.69) is 0 Å². The first-order chi connectivity index (χ1) is 3.07. The zero-order chi connectivity index (χ0) is 5.65. The van der Waals surface area contributed by atoms with Crippen LogP contribution in [0.4, 0.5) is 0 Å². The summed E-state index contributed by atoms with van der Waals surface area (Å²) in [6.45, 7) is 3.47. The van der Waals surface area contributed by atoms with E-state index in [1.54, 1.807) is 13.8 Å². The van der Waals surface area contributed by atoms with Gasteiger partial charge >= 0.3 is 0 Å². The van der Waals surface area contributed by atoms with E-state index < -0.39 is 9.84 Å². The highest BCUT2D eigenvalue weighted by molar-refractivity contribution is 7.99. The molecule has 1 rings (SSSR count). The van der Waals surface area contributed by atoms with Crippen molar-refractivity contribution in [1.82, 2.24) is 0 Å². The Kier molecular flexibility index (Phi) is 0.743. The topological polar surface area (TPSA) is 34.1 Å². The van der Waals surface area contributed by atoms with Crippen molar-refractivity contribution in [1.29, 1.82) is 0 Å². The molecular weight excluding hydrogens is 112 g/mol. The summed E-state index contributed by atoms with van der Waals surface area (Å²) in [4.78, 5) is 0. The molecule has 1 aliphatic heterocycles. The maximum absolute atomic E-state index is 10.4. The van der Waals surface area contributed by atoms with Gasteiger partial charge in [0.25, 0.3) is 0 Å². The van der Waals surface area contributed by atoms with Crippen LogP contribution in [-0.4, -0.2) is 18.9 Å². The molecule has 0 N–H and O–H groups in total. The first kappa shape index (κ1) is 5.09. The average Bonchev–Trinajstić information content (AvgIpc) is 1.91. The Hall–Kier alpha value is -0.0500. The molecule has 1 heterocycles. The summed E-state index contributed by atoms with van der Waals surface area (Å²) in [7, 11) is -2.57. The Balaban J connectivity index is 2.92. The molecule has 0 bridgehead atoms. The molecular formula is C4H8O2S. The summed E-state index contributed by atoms with van der Waals surface area (Å²) < 4.78 is 20.8. The second-order valence-electron chi connectivity index (χ2n) is 2.00. The summed E-state index contributed by atoms with van der Waals surface area (Å²) >= 11 is 0. The fourth-order valence-electron chi connectivity index (χ4n) is 0.561. The highest BCUT2D eigenvalue weighted by Gasteiger charge is 2.49. The Morgan fingerprint density at radius 3 is 1.29 bits per heavy atom. The van der Waals surface area contributed by atoms with Crippen molar-refractivity contribution < 1.29 is 8.42 Å². The van der Waals surface area contributed by atoms with E-state index in [4.69, 9.17) is 0 Å². The molecule has 2 atom stereocenters. The Bertz CT molecular complexity index is 154. The quantitative estimate of drug-likeness (QED) is 0.428. The van der Waals surface area contributed by atoms with Crippen molar-refractivity contribution in [2.24, 2.45) is 0 Å². The lowest BCUT2D eigenvalue weighted by atomic mass is 10.4. The second-order valence-corrected chi connectivity index (χ2v) is 4.66. The minimum absolute atomic E-state index is 0.0625. The van der Waals surface area contributed by atoms with Crippen LogP contribution in [0.5, 0.6) is 0 Å². The molecule has 1 saturated heterocycles. The van der Waals surface area contributed by atoms with Crippen molar-refractivity contribution in [3.05, 3.63) is 0 Å². The van der Waals surface area contributed by atoms with Gasteiger partial charge in [0.05, 0.1) is 10.5 Å². The predicted molar refractivity (Wildman–Crippen MR) is 27.8 cm³/mol. The van der Waals surface area contributed by atoms with Crippen LogP contribution in [0.1, 0.15) is 13.8 Å². The Morgan fingerprint density at radius 2 is 1.29 bits per heavy atom. The molecule has 2 nitrogen and oxygen atoms in total. The van der Waals surface area contributed by atoms with Crippen molar-refractivity contribution in [2.45, 2.75) is 24.3 Å². The summed E-state index contributed by atoms with van der Waals surface area (Å²) in [5.41, 5.74) is 0. The molecule has 7 heavy (non-hydrogen) atoms. The molecule has 1 fully saturated rings. The lowest BCUT2D eigenvalue weighted by molar-refractivity contribution is 0.611. The van der Waals surface area contributed by atoms with E-state index in [9.17, 15) is 8.42 Å². The van der Waals surface area contributed by atoms with E-state index in [0.717, 1.165) is 0 Å². The van der Waals surface area contributed by atoms with Crippen LogP contribution in [0.25, 0.3) is 0 Å². The van der Waals surface area contributed by atoms with Gasteiger partial charge < -0.3 is 0 Å². The molecule has 42 valence electrons. The van der Waals surface area contributed by atoms with Crippen LogP contribution < -0.4 is 0 Å². The van der Waals surface area contributed by atoms with Crippen LogP contribution in [0.3, 0.4) is 0 Å². The summed E-state index contributed by atoms with van der Waals surface area (Å²) in [6.07, 6.45) is 0. The van der Waals surface area contributed by atoms with Crippen molar-refractivity contribution in [2.75, 3.05) is 0 Å². The maximum atomic E-state index is 10.4. The molecule has 0 spiro atoms. The SMILES string of the molecule is C[C@@H]1[C@@H](C)S1(=O)=O. The van der Waals surface area contributed by atoms with E-state index in [0.29, 0.717) is 0 Å². The molecule has 0 saturated carbocycles. The highest BCUT2D eigenvalue weighted by Crippen LogP contribution is 2.30. The third-order valence-electron chi connectivity index (χ3n) is 1.62. The number of hydrogen-bond acceptors (Lipinski definition) is 2.